The van der Waals surface area contributed by atoms with Crippen LogP contribution in [0.25, 0.3) is 0 Å². The highest BCUT2D eigenvalue weighted by atomic mass is 16.5. The highest BCUT2D eigenvalue weighted by Gasteiger charge is 2.25. The zero-order chi connectivity index (χ0) is 17.1. The number of carbonyl (C=O) groups is 1. The maximum Gasteiger partial charge on any atom is 0.257 e. The van der Waals surface area contributed by atoms with Crippen molar-refractivity contribution in [1.29, 1.82) is 0 Å². The van der Waals surface area contributed by atoms with Crippen LogP contribution in [0.15, 0.2) is 33.7 Å². The lowest BCUT2D eigenvalue weighted by molar-refractivity contribution is 0.0930. The van der Waals surface area contributed by atoms with Gasteiger partial charge in [-0.1, -0.05) is 0 Å². The lowest BCUT2D eigenvalue weighted by Gasteiger charge is -2.19. The summed E-state index contributed by atoms with van der Waals surface area (Å²) >= 11 is 0. The monoisotopic (exact) mass is 331 g/mol. The summed E-state index contributed by atoms with van der Waals surface area (Å²) in [6, 6.07) is 4.68. The molecule has 0 aliphatic carbocycles. The predicted octanol–water partition coefficient (Wildman–Crippen LogP) is 1.09. The van der Waals surface area contributed by atoms with E-state index in [1.54, 1.807) is 16.9 Å². The molecule has 0 saturated heterocycles. The third-order valence-electron chi connectivity index (χ3n) is 4.20. The summed E-state index contributed by atoms with van der Waals surface area (Å²) in [6.45, 7) is 3.79. The van der Waals surface area contributed by atoms with Crippen molar-refractivity contribution in [3.05, 3.63) is 51.8 Å². The second-order valence-electron chi connectivity index (χ2n) is 5.73. The van der Waals surface area contributed by atoms with Crippen LogP contribution in [0, 0.1) is 0 Å². The van der Waals surface area contributed by atoms with Gasteiger partial charge >= 0.3 is 0 Å². The van der Waals surface area contributed by atoms with Crippen molar-refractivity contribution in [3.63, 3.8) is 0 Å². The number of methoxy groups -OCH3 is 1. The van der Waals surface area contributed by atoms with Crippen LogP contribution in [-0.4, -0.2) is 30.7 Å². The van der Waals surface area contributed by atoms with Crippen LogP contribution >= 0.6 is 0 Å². The van der Waals surface area contributed by atoms with Gasteiger partial charge in [-0.25, -0.2) is 0 Å². The van der Waals surface area contributed by atoms with Gasteiger partial charge in [0.25, 0.3) is 11.5 Å². The van der Waals surface area contributed by atoms with E-state index < -0.39 is 0 Å². The molecule has 3 heterocycles. The smallest absolute Gasteiger partial charge is 0.257 e. The van der Waals surface area contributed by atoms with Crippen LogP contribution in [0.3, 0.4) is 0 Å². The van der Waals surface area contributed by atoms with Gasteiger partial charge in [0.15, 0.2) is 0 Å². The number of aromatic nitrogens is 1. The van der Waals surface area contributed by atoms with E-state index in [4.69, 9.17) is 9.15 Å². The lowest BCUT2D eigenvalue weighted by Crippen LogP contribution is -2.32. The lowest BCUT2D eigenvalue weighted by atomic mass is 10.1. The molecule has 1 unspecified atom stereocenters. The van der Waals surface area contributed by atoms with E-state index >= 15 is 0 Å². The standard InChI is InChI=1S/C17H21N3O4/c1-11(13-4-3-9-24-13)19-17(22)16-12-5-6-18-7-8-20(12)15(21)10-14(16)23-2/h3-4,9-11,18H,5-8H2,1-2H3,(H,19,22). The van der Waals surface area contributed by atoms with Crippen molar-refractivity contribution < 1.29 is 13.9 Å². The second-order valence-corrected chi connectivity index (χ2v) is 5.73. The number of carbonyl (C=O) groups excluding carboxylic acids is 1. The van der Waals surface area contributed by atoms with Crippen LogP contribution in [0.2, 0.25) is 0 Å². The zero-order valence-corrected chi connectivity index (χ0v) is 13.8. The molecule has 128 valence electrons. The fourth-order valence-corrected chi connectivity index (χ4v) is 2.98. The van der Waals surface area contributed by atoms with E-state index in [1.165, 1.54) is 13.2 Å². The summed E-state index contributed by atoms with van der Waals surface area (Å²) in [6.07, 6.45) is 2.16. The Balaban J connectivity index is 1.99. The number of nitrogens with zero attached hydrogens (tertiary/aromatic N) is 1. The molecule has 3 rings (SSSR count). The van der Waals surface area contributed by atoms with E-state index in [1.807, 2.05) is 13.0 Å². The molecule has 1 atom stereocenters. The van der Waals surface area contributed by atoms with E-state index in [-0.39, 0.29) is 17.5 Å². The summed E-state index contributed by atoms with van der Waals surface area (Å²) in [4.78, 5) is 25.1. The van der Waals surface area contributed by atoms with Gasteiger partial charge in [0.05, 0.1) is 19.4 Å². The molecule has 0 saturated carbocycles. The molecule has 0 fully saturated rings. The summed E-state index contributed by atoms with van der Waals surface area (Å²) in [5.41, 5.74) is 0.967. The normalized spacial score (nSPS) is 15.2. The summed E-state index contributed by atoms with van der Waals surface area (Å²) in [5.74, 6) is 0.696. The third-order valence-corrected chi connectivity index (χ3v) is 4.20. The number of nitrogens with one attached hydrogen (secondary N) is 2. The molecule has 1 aliphatic rings. The number of pyridine rings is 1. The van der Waals surface area contributed by atoms with Crippen LogP contribution in [0.4, 0.5) is 0 Å². The first-order valence-electron chi connectivity index (χ1n) is 7.97. The minimum atomic E-state index is -0.284. The first-order valence-corrected chi connectivity index (χ1v) is 7.97. The van der Waals surface area contributed by atoms with Crippen LogP contribution in [-0.2, 0) is 13.0 Å². The Labute approximate surface area is 139 Å². The Morgan fingerprint density at radius 1 is 1.46 bits per heavy atom. The first-order chi connectivity index (χ1) is 11.6. The number of rotatable bonds is 4. The molecule has 0 spiro atoms. The Kier molecular flexibility index (Phi) is 4.71. The Bertz CT molecular complexity index is 780. The average molecular weight is 331 g/mol. The van der Waals surface area contributed by atoms with Gasteiger partial charge in [0.1, 0.15) is 17.1 Å². The highest BCUT2D eigenvalue weighted by Crippen LogP contribution is 2.23. The van der Waals surface area contributed by atoms with Gasteiger partial charge in [-0.15, -0.1) is 0 Å². The molecule has 7 heteroatoms. The van der Waals surface area contributed by atoms with Gasteiger partial charge in [0.2, 0.25) is 0 Å². The quantitative estimate of drug-likeness (QED) is 0.876. The van der Waals surface area contributed by atoms with Crippen molar-refractivity contribution in [3.8, 4) is 5.75 Å². The summed E-state index contributed by atoms with van der Waals surface area (Å²) in [7, 11) is 1.47. The molecule has 0 aromatic carbocycles. The van der Waals surface area contributed by atoms with Gasteiger partial charge in [0, 0.05) is 37.8 Å². The number of ether oxygens (including phenoxy) is 1. The van der Waals surface area contributed by atoms with E-state index in [9.17, 15) is 9.59 Å². The number of hydrogen-bond acceptors (Lipinski definition) is 5. The number of hydrogen-bond donors (Lipinski definition) is 2. The fourth-order valence-electron chi connectivity index (χ4n) is 2.98. The van der Waals surface area contributed by atoms with Crippen molar-refractivity contribution in [1.82, 2.24) is 15.2 Å². The number of furan rings is 1. The van der Waals surface area contributed by atoms with Crippen LogP contribution < -0.4 is 20.9 Å². The minimum Gasteiger partial charge on any atom is -0.496 e. The Morgan fingerprint density at radius 3 is 3.00 bits per heavy atom. The molecule has 7 nitrogen and oxygen atoms in total. The van der Waals surface area contributed by atoms with Gasteiger partial charge < -0.3 is 24.4 Å². The highest BCUT2D eigenvalue weighted by molar-refractivity contribution is 5.98. The van der Waals surface area contributed by atoms with Crippen LogP contribution in [0.1, 0.15) is 34.8 Å². The Hall–Kier alpha value is -2.54. The molecule has 0 bridgehead atoms. The zero-order valence-electron chi connectivity index (χ0n) is 13.8. The second kappa shape index (κ2) is 6.92. The molecule has 0 radical (unpaired) electrons. The maximum atomic E-state index is 12.9. The molecule has 2 aromatic heterocycles. The number of amides is 1. The molecule has 1 amide bonds. The fraction of sp³-hybridized carbons (Fsp3) is 0.412. The van der Waals surface area contributed by atoms with E-state index in [0.29, 0.717) is 48.8 Å². The van der Waals surface area contributed by atoms with Crippen molar-refractivity contribution in [2.24, 2.45) is 0 Å². The van der Waals surface area contributed by atoms with Gasteiger partial charge in [-0.2, -0.15) is 0 Å². The summed E-state index contributed by atoms with van der Waals surface area (Å²) < 4.78 is 12.3. The SMILES string of the molecule is COc1cc(=O)n2c(c1C(=O)NC(C)c1ccco1)CCNCC2. The third kappa shape index (κ3) is 3.07. The van der Waals surface area contributed by atoms with E-state index in [0.717, 1.165) is 0 Å². The van der Waals surface area contributed by atoms with Gasteiger partial charge in [-0.3, -0.25) is 9.59 Å². The summed E-state index contributed by atoms with van der Waals surface area (Å²) in [5, 5.41) is 6.16. The van der Waals surface area contributed by atoms with Crippen molar-refractivity contribution in [2.45, 2.75) is 25.9 Å². The van der Waals surface area contributed by atoms with Crippen LogP contribution in [0.5, 0.6) is 5.75 Å². The molecule has 24 heavy (non-hydrogen) atoms. The molecular weight excluding hydrogens is 310 g/mol. The molecule has 2 aromatic rings. The van der Waals surface area contributed by atoms with E-state index in [2.05, 4.69) is 10.6 Å². The first kappa shape index (κ1) is 16.3. The minimum absolute atomic E-state index is 0.152. The maximum absolute atomic E-state index is 12.9. The largest absolute Gasteiger partial charge is 0.496 e. The van der Waals surface area contributed by atoms with Gasteiger partial charge in [-0.05, 0) is 19.1 Å². The van der Waals surface area contributed by atoms with Crippen molar-refractivity contribution >= 4 is 5.91 Å². The van der Waals surface area contributed by atoms with Crippen molar-refractivity contribution in [2.75, 3.05) is 20.2 Å². The molecule has 1 aliphatic heterocycles. The Morgan fingerprint density at radius 2 is 2.29 bits per heavy atom. The predicted molar refractivity (Wildman–Crippen MR) is 88.4 cm³/mol. The topological polar surface area (TPSA) is 85.5 Å². The average Bonchev–Trinajstić information content (AvgIpc) is 2.99. The molecule has 2 N–H and O–H groups in total. The molecular formula is C17H21N3O4. The number of fused-ring (bicyclic) bond motifs is 1.